The first kappa shape index (κ1) is 34.7. The van der Waals surface area contributed by atoms with E-state index in [2.05, 4.69) is 30.7 Å². The van der Waals surface area contributed by atoms with Gasteiger partial charge in [-0.1, -0.05) is 41.9 Å². The molecule has 0 aliphatic carbocycles. The Morgan fingerprint density at radius 2 is 1.62 bits per heavy atom. The number of aromatic nitrogens is 2. The molecule has 2 atom stereocenters. The standard InChI is InChI=1S/C35H45ClN8O4/c1-4-37-32(46)17-26-16-27(18-33(47)38-20-25-8-6-5-7-9-25)23-44(22-26)34-29(36)21-39-35(41-34)40-30-11-10-28(19-31(30)48-3)43-14-12-42(13-15-43)24(2)45/h5-11,19,21,26-27H,4,12-18,20,22-23H2,1-3H3,(H,37,46)(H,38,47)(H,39,40,41)/t26-,27+/m1/s1. The number of hydrogen-bond acceptors (Lipinski definition) is 9. The van der Waals surface area contributed by atoms with Crippen molar-refractivity contribution in [3.63, 3.8) is 0 Å². The second-order valence-corrected chi connectivity index (χ2v) is 12.8. The van der Waals surface area contributed by atoms with Crippen LogP contribution in [0.2, 0.25) is 5.02 Å². The van der Waals surface area contributed by atoms with Crippen LogP contribution in [0.4, 0.5) is 23.1 Å². The lowest BCUT2D eigenvalue weighted by Crippen LogP contribution is -2.48. The summed E-state index contributed by atoms with van der Waals surface area (Å²) in [4.78, 5) is 52.7. The molecule has 3 amide bonds. The van der Waals surface area contributed by atoms with Crippen molar-refractivity contribution < 1.29 is 19.1 Å². The normalized spacial score (nSPS) is 17.9. The molecule has 256 valence electrons. The SMILES string of the molecule is CCNC(=O)C[C@H]1C[C@@H](CC(=O)NCc2ccccc2)CN(c2nc(Nc3ccc(N4CCN(C(C)=O)CC4)cc3OC)ncc2Cl)C1. The van der Waals surface area contributed by atoms with E-state index in [0.717, 1.165) is 30.8 Å². The van der Waals surface area contributed by atoms with Gasteiger partial charge in [-0.25, -0.2) is 4.98 Å². The highest BCUT2D eigenvalue weighted by atomic mass is 35.5. The minimum atomic E-state index is -0.0325. The van der Waals surface area contributed by atoms with Crippen molar-refractivity contribution in [3.05, 3.63) is 65.3 Å². The van der Waals surface area contributed by atoms with Crippen LogP contribution in [0.1, 0.15) is 38.7 Å². The Hall–Kier alpha value is -4.58. The molecule has 2 aliphatic rings. The summed E-state index contributed by atoms with van der Waals surface area (Å²) in [6.45, 7) is 8.51. The van der Waals surface area contributed by atoms with E-state index in [0.29, 0.717) is 80.3 Å². The summed E-state index contributed by atoms with van der Waals surface area (Å²) in [5, 5.41) is 9.61. The van der Waals surface area contributed by atoms with Gasteiger partial charge in [0.25, 0.3) is 0 Å². The van der Waals surface area contributed by atoms with Crippen LogP contribution in [0.5, 0.6) is 5.75 Å². The van der Waals surface area contributed by atoms with Crippen LogP contribution < -0.4 is 30.5 Å². The first-order valence-electron chi connectivity index (χ1n) is 16.5. The second kappa shape index (κ2) is 16.5. The fourth-order valence-corrected chi connectivity index (χ4v) is 6.68. The lowest BCUT2D eigenvalue weighted by molar-refractivity contribution is -0.129. The highest BCUT2D eigenvalue weighted by Gasteiger charge is 2.32. The number of nitrogens with one attached hydrogen (secondary N) is 3. The van der Waals surface area contributed by atoms with Gasteiger partial charge in [-0.2, -0.15) is 4.98 Å². The molecule has 5 rings (SSSR count). The van der Waals surface area contributed by atoms with Gasteiger partial charge in [-0.15, -0.1) is 0 Å². The summed E-state index contributed by atoms with van der Waals surface area (Å²) in [6, 6.07) is 15.7. The van der Waals surface area contributed by atoms with Gasteiger partial charge < -0.3 is 35.4 Å². The molecule has 2 saturated heterocycles. The van der Waals surface area contributed by atoms with Crippen LogP contribution in [-0.4, -0.2) is 85.5 Å². The van der Waals surface area contributed by atoms with E-state index in [4.69, 9.17) is 21.3 Å². The predicted molar refractivity (Wildman–Crippen MR) is 188 cm³/mol. The van der Waals surface area contributed by atoms with Crippen LogP contribution >= 0.6 is 11.6 Å². The van der Waals surface area contributed by atoms with Gasteiger partial charge >= 0.3 is 0 Å². The number of piperidine rings is 1. The number of carbonyl (C=O) groups excluding carboxylic acids is 3. The number of methoxy groups -OCH3 is 1. The number of nitrogens with zero attached hydrogens (tertiary/aromatic N) is 5. The van der Waals surface area contributed by atoms with Crippen LogP contribution in [-0.2, 0) is 20.9 Å². The topological polar surface area (TPSA) is 132 Å². The molecule has 3 aromatic rings. The lowest BCUT2D eigenvalue weighted by Gasteiger charge is -2.38. The summed E-state index contributed by atoms with van der Waals surface area (Å²) < 4.78 is 5.73. The van der Waals surface area contributed by atoms with Crippen molar-refractivity contribution in [3.8, 4) is 5.75 Å². The molecule has 2 aromatic carbocycles. The molecule has 2 aliphatic heterocycles. The number of ether oxygens (including phenoxy) is 1. The first-order valence-corrected chi connectivity index (χ1v) is 16.9. The Bertz CT molecular complexity index is 1570. The molecule has 0 bridgehead atoms. The minimum Gasteiger partial charge on any atom is -0.494 e. The van der Waals surface area contributed by atoms with Crippen LogP contribution in [0.25, 0.3) is 0 Å². The summed E-state index contributed by atoms with van der Waals surface area (Å²) in [5.74, 6) is 1.59. The van der Waals surface area contributed by atoms with E-state index < -0.39 is 0 Å². The van der Waals surface area contributed by atoms with Gasteiger partial charge in [0.2, 0.25) is 23.7 Å². The van der Waals surface area contributed by atoms with Gasteiger partial charge in [0.15, 0.2) is 5.82 Å². The highest BCUT2D eigenvalue weighted by Crippen LogP contribution is 2.35. The first-order chi connectivity index (χ1) is 23.2. The third-order valence-corrected chi connectivity index (χ3v) is 9.09. The predicted octanol–water partition coefficient (Wildman–Crippen LogP) is 4.23. The smallest absolute Gasteiger partial charge is 0.229 e. The van der Waals surface area contributed by atoms with Crippen molar-refractivity contribution in [2.45, 2.75) is 39.7 Å². The fourth-order valence-electron chi connectivity index (χ4n) is 6.47. The highest BCUT2D eigenvalue weighted by molar-refractivity contribution is 6.32. The van der Waals surface area contributed by atoms with Crippen molar-refractivity contribution in [1.82, 2.24) is 25.5 Å². The lowest BCUT2D eigenvalue weighted by atomic mass is 9.85. The van der Waals surface area contributed by atoms with Gasteiger partial charge in [-0.05, 0) is 42.9 Å². The number of hydrogen-bond donors (Lipinski definition) is 3. The maximum Gasteiger partial charge on any atom is 0.229 e. The molecule has 13 heteroatoms. The molecular weight excluding hydrogens is 632 g/mol. The summed E-state index contributed by atoms with van der Waals surface area (Å²) in [6.07, 6.45) is 2.99. The van der Waals surface area contributed by atoms with Crippen LogP contribution in [0, 0.1) is 11.8 Å². The summed E-state index contributed by atoms with van der Waals surface area (Å²) in [5.41, 5.74) is 2.73. The summed E-state index contributed by atoms with van der Waals surface area (Å²) >= 11 is 6.69. The number of carbonyl (C=O) groups is 3. The number of anilines is 4. The van der Waals surface area contributed by atoms with E-state index in [9.17, 15) is 14.4 Å². The Kier molecular flexibility index (Phi) is 11.9. The van der Waals surface area contributed by atoms with Crippen molar-refractivity contribution in [1.29, 1.82) is 0 Å². The molecule has 12 nitrogen and oxygen atoms in total. The zero-order chi connectivity index (χ0) is 34.0. The van der Waals surface area contributed by atoms with Gasteiger partial charge in [-0.3, -0.25) is 14.4 Å². The minimum absolute atomic E-state index is 0.00124. The number of amides is 3. The quantitative estimate of drug-likeness (QED) is 0.258. The average Bonchev–Trinajstić information content (AvgIpc) is 3.09. The molecule has 0 unspecified atom stereocenters. The third kappa shape index (κ3) is 9.27. The molecule has 2 fully saturated rings. The third-order valence-electron chi connectivity index (χ3n) is 8.83. The fraction of sp³-hybridized carbons (Fsp3) is 0.457. The Balaban J connectivity index is 1.29. The van der Waals surface area contributed by atoms with Crippen molar-refractivity contribution in [2.24, 2.45) is 11.8 Å². The largest absolute Gasteiger partial charge is 0.494 e. The number of rotatable bonds is 12. The van der Waals surface area contributed by atoms with E-state index >= 15 is 0 Å². The molecule has 0 radical (unpaired) electrons. The zero-order valence-corrected chi connectivity index (χ0v) is 28.6. The van der Waals surface area contributed by atoms with E-state index in [1.807, 2.05) is 60.4 Å². The summed E-state index contributed by atoms with van der Waals surface area (Å²) in [7, 11) is 1.62. The molecule has 1 aromatic heterocycles. The van der Waals surface area contributed by atoms with E-state index in [1.54, 1.807) is 20.2 Å². The number of piperazine rings is 1. The Morgan fingerprint density at radius 1 is 0.938 bits per heavy atom. The molecule has 0 saturated carbocycles. The van der Waals surface area contributed by atoms with Crippen molar-refractivity contribution >= 4 is 52.5 Å². The second-order valence-electron chi connectivity index (χ2n) is 12.4. The Labute approximate surface area is 287 Å². The maximum absolute atomic E-state index is 13.0. The van der Waals surface area contributed by atoms with Crippen LogP contribution in [0.3, 0.4) is 0 Å². The average molecular weight is 677 g/mol. The molecular formula is C35H45ClN8O4. The maximum atomic E-state index is 13.0. The monoisotopic (exact) mass is 676 g/mol. The molecule has 3 heterocycles. The molecule has 3 N–H and O–H groups in total. The van der Waals surface area contributed by atoms with Crippen LogP contribution in [0.15, 0.2) is 54.7 Å². The Morgan fingerprint density at radius 3 is 2.27 bits per heavy atom. The molecule has 0 spiro atoms. The van der Waals surface area contributed by atoms with E-state index in [-0.39, 0.29) is 29.6 Å². The van der Waals surface area contributed by atoms with Gasteiger partial charge in [0.05, 0.1) is 19.0 Å². The molecule has 48 heavy (non-hydrogen) atoms. The van der Waals surface area contributed by atoms with Gasteiger partial charge in [0.1, 0.15) is 10.8 Å². The van der Waals surface area contributed by atoms with E-state index in [1.165, 1.54) is 0 Å². The zero-order valence-electron chi connectivity index (χ0n) is 27.9. The van der Waals surface area contributed by atoms with Gasteiger partial charge in [0, 0.05) is 83.9 Å². The number of halogens is 1. The number of benzene rings is 2. The van der Waals surface area contributed by atoms with Crippen molar-refractivity contribution in [2.75, 3.05) is 68.0 Å².